The zero-order chi connectivity index (χ0) is 18.9. The van der Waals surface area contributed by atoms with Gasteiger partial charge in [-0.05, 0) is 50.2 Å². The number of benzene rings is 1. The van der Waals surface area contributed by atoms with E-state index in [2.05, 4.69) is 41.4 Å². The molecule has 0 atom stereocenters. The molecule has 132 valence electrons. The maximum atomic E-state index is 12.7. The van der Waals surface area contributed by atoms with Crippen LogP contribution < -0.4 is 5.32 Å². The Labute approximate surface area is 155 Å². The molecule has 0 unspecified atom stereocenters. The van der Waals surface area contributed by atoms with Crippen molar-refractivity contribution in [2.24, 2.45) is 0 Å². The van der Waals surface area contributed by atoms with Crippen LogP contribution in [0.15, 0.2) is 42.6 Å². The Kier molecular flexibility index (Phi) is 4.71. The van der Waals surface area contributed by atoms with Crippen molar-refractivity contribution in [3.8, 4) is 11.5 Å². The summed E-state index contributed by atoms with van der Waals surface area (Å²) in [5.74, 6) is 3.05. The van der Waals surface area contributed by atoms with Crippen LogP contribution in [0.5, 0.6) is 0 Å². The number of anilines is 1. The first-order valence-electron chi connectivity index (χ1n) is 8.63. The molecule has 0 radical (unpaired) electrons. The molecule has 3 aromatic rings. The number of nitrogens with one attached hydrogen (secondary N) is 1. The van der Waals surface area contributed by atoms with E-state index in [1.807, 2.05) is 54.8 Å². The van der Waals surface area contributed by atoms with Crippen molar-refractivity contribution in [3.63, 3.8) is 0 Å². The van der Waals surface area contributed by atoms with Gasteiger partial charge in [0.1, 0.15) is 13.7 Å². The highest BCUT2D eigenvalue weighted by molar-refractivity contribution is 6.83. The van der Waals surface area contributed by atoms with E-state index in [1.54, 1.807) is 6.07 Å². The number of hydrogen-bond acceptors (Lipinski definition) is 2. The van der Waals surface area contributed by atoms with E-state index in [0.717, 1.165) is 22.6 Å². The van der Waals surface area contributed by atoms with Gasteiger partial charge in [-0.3, -0.25) is 4.79 Å². The van der Waals surface area contributed by atoms with Gasteiger partial charge in [0.15, 0.2) is 0 Å². The molecule has 5 heteroatoms. The van der Waals surface area contributed by atoms with Gasteiger partial charge in [-0.15, -0.1) is 5.54 Å². The van der Waals surface area contributed by atoms with Gasteiger partial charge in [0.2, 0.25) is 0 Å². The van der Waals surface area contributed by atoms with Crippen LogP contribution in [0.1, 0.15) is 27.3 Å². The fourth-order valence-corrected chi connectivity index (χ4v) is 3.19. The van der Waals surface area contributed by atoms with Crippen LogP contribution >= 0.6 is 0 Å². The fraction of sp³-hybridized carbons (Fsp3) is 0.238. The third-order valence-corrected chi connectivity index (χ3v) is 4.78. The summed E-state index contributed by atoms with van der Waals surface area (Å²) < 4.78 is 1.93. The maximum absolute atomic E-state index is 12.7. The second-order valence-corrected chi connectivity index (χ2v) is 12.2. The second kappa shape index (κ2) is 6.81. The summed E-state index contributed by atoms with van der Waals surface area (Å²) in [5.41, 5.74) is 8.25. The van der Waals surface area contributed by atoms with Crippen molar-refractivity contribution in [3.05, 3.63) is 65.1 Å². The van der Waals surface area contributed by atoms with Crippen LogP contribution in [-0.4, -0.2) is 23.4 Å². The zero-order valence-electron chi connectivity index (χ0n) is 15.8. The summed E-state index contributed by atoms with van der Waals surface area (Å²) in [6, 6.07) is 11.4. The molecule has 0 aliphatic heterocycles. The third-order valence-electron chi connectivity index (χ3n) is 3.91. The van der Waals surface area contributed by atoms with Gasteiger partial charge in [0, 0.05) is 28.8 Å². The predicted molar refractivity (Wildman–Crippen MR) is 109 cm³/mol. The summed E-state index contributed by atoms with van der Waals surface area (Å²) in [5, 5.41) is 2.94. The summed E-state index contributed by atoms with van der Waals surface area (Å²) in [6.07, 6.45) is 1.88. The van der Waals surface area contributed by atoms with Crippen LogP contribution in [0, 0.1) is 25.3 Å². The van der Waals surface area contributed by atoms with Gasteiger partial charge in [-0.1, -0.05) is 25.6 Å². The molecule has 0 bridgehead atoms. The topological polar surface area (TPSA) is 46.4 Å². The van der Waals surface area contributed by atoms with Crippen LogP contribution in [0.2, 0.25) is 19.6 Å². The van der Waals surface area contributed by atoms with Gasteiger partial charge >= 0.3 is 0 Å². The lowest BCUT2D eigenvalue weighted by molar-refractivity contribution is 0.102. The molecular formula is C21H23N3OSi. The van der Waals surface area contributed by atoms with E-state index < -0.39 is 8.07 Å². The number of carbonyl (C=O) groups excluding carboxylic acids is 1. The van der Waals surface area contributed by atoms with Crippen molar-refractivity contribution < 1.29 is 4.79 Å². The molecule has 0 spiro atoms. The number of aromatic nitrogens is 2. The number of nitrogens with zero attached hydrogens (tertiary/aromatic N) is 2. The largest absolute Gasteiger partial charge is 0.322 e. The van der Waals surface area contributed by atoms with Crippen molar-refractivity contribution >= 4 is 25.3 Å². The molecule has 2 aromatic heterocycles. The predicted octanol–water partition coefficient (Wildman–Crippen LogP) is 4.43. The monoisotopic (exact) mass is 361 g/mol. The smallest absolute Gasteiger partial charge is 0.259 e. The SMILES string of the molecule is Cc1cc(C)n2ccc(C(=O)Nc3ccc(C#C[Si](C)(C)C)cc3)c2n1. The number of aryl methyl sites for hydroxylation is 2. The molecule has 26 heavy (non-hydrogen) atoms. The maximum Gasteiger partial charge on any atom is 0.259 e. The number of hydrogen-bond donors (Lipinski definition) is 1. The van der Waals surface area contributed by atoms with E-state index in [1.165, 1.54) is 0 Å². The van der Waals surface area contributed by atoms with E-state index in [0.29, 0.717) is 11.2 Å². The standard InChI is InChI=1S/C21H23N3OSi/c1-15-14-16(2)24-12-10-19(20(24)22-15)21(25)23-18-8-6-17(7-9-18)11-13-26(3,4)5/h6-10,12,14H,1-5H3,(H,23,25). The third kappa shape index (κ3) is 4.03. The summed E-state index contributed by atoms with van der Waals surface area (Å²) in [6.45, 7) is 10.6. The van der Waals surface area contributed by atoms with E-state index in [-0.39, 0.29) is 5.91 Å². The number of carbonyl (C=O) groups is 1. The Hall–Kier alpha value is -2.84. The number of amides is 1. The lowest BCUT2D eigenvalue weighted by Crippen LogP contribution is -2.16. The molecule has 2 heterocycles. The second-order valence-electron chi connectivity index (χ2n) is 7.49. The highest BCUT2D eigenvalue weighted by Gasteiger charge is 2.14. The minimum absolute atomic E-state index is 0.161. The molecule has 1 aromatic carbocycles. The number of rotatable bonds is 2. The average Bonchev–Trinajstić information content (AvgIpc) is 2.97. The molecule has 4 nitrogen and oxygen atoms in total. The van der Waals surface area contributed by atoms with E-state index in [4.69, 9.17) is 0 Å². The summed E-state index contributed by atoms with van der Waals surface area (Å²) >= 11 is 0. The van der Waals surface area contributed by atoms with Crippen LogP contribution in [0.25, 0.3) is 5.65 Å². The lowest BCUT2D eigenvalue weighted by Gasteiger charge is -2.06. The molecular weight excluding hydrogens is 338 g/mol. The average molecular weight is 362 g/mol. The van der Waals surface area contributed by atoms with Gasteiger partial charge in [-0.25, -0.2) is 4.98 Å². The quantitative estimate of drug-likeness (QED) is 0.542. The first kappa shape index (κ1) is 18.0. The van der Waals surface area contributed by atoms with Crippen molar-refractivity contribution in [1.82, 2.24) is 9.38 Å². The van der Waals surface area contributed by atoms with Crippen LogP contribution in [0.3, 0.4) is 0 Å². The number of fused-ring (bicyclic) bond motifs is 1. The van der Waals surface area contributed by atoms with Crippen LogP contribution in [-0.2, 0) is 0 Å². The van der Waals surface area contributed by atoms with Crippen molar-refractivity contribution in [2.75, 3.05) is 5.32 Å². The normalized spacial score (nSPS) is 11.1. The van der Waals surface area contributed by atoms with Crippen molar-refractivity contribution in [2.45, 2.75) is 33.5 Å². The first-order valence-corrected chi connectivity index (χ1v) is 12.1. The molecule has 0 saturated heterocycles. The van der Waals surface area contributed by atoms with E-state index in [9.17, 15) is 4.79 Å². The highest BCUT2D eigenvalue weighted by atomic mass is 28.3. The summed E-state index contributed by atoms with van der Waals surface area (Å²) in [7, 11) is -1.39. The lowest BCUT2D eigenvalue weighted by atomic mass is 10.2. The minimum Gasteiger partial charge on any atom is -0.322 e. The summed E-state index contributed by atoms with van der Waals surface area (Å²) in [4.78, 5) is 17.2. The van der Waals surface area contributed by atoms with Crippen LogP contribution in [0.4, 0.5) is 5.69 Å². The van der Waals surface area contributed by atoms with Gasteiger partial charge < -0.3 is 9.72 Å². The molecule has 1 amide bonds. The van der Waals surface area contributed by atoms with Gasteiger partial charge in [0.05, 0.1) is 5.56 Å². The Morgan fingerprint density at radius 2 is 1.81 bits per heavy atom. The Morgan fingerprint density at radius 3 is 2.46 bits per heavy atom. The van der Waals surface area contributed by atoms with E-state index >= 15 is 0 Å². The molecule has 0 aliphatic rings. The fourth-order valence-electron chi connectivity index (χ4n) is 2.67. The van der Waals surface area contributed by atoms with Gasteiger partial charge in [-0.2, -0.15) is 0 Å². The molecule has 3 rings (SSSR count). The Bertz CT molecular complexity index is 1030. The minimum atomic E-state index is -1.39. The molecule has 0 saturated carbocycles. The Balaban J connectivity index is 1.81. The van der Waals surface area contributed by atoms with Crippen molar-refractivity contribution in [1.29, 1.82) is 0 Å². The highest BCUT2D eigenvalue weighted by Crippen LogP contribution is 2.17. The molecule has 0 aliphatic carbocycles. The first-order chi connectivity index (χ1) is 12.2. The molecule has 0 fully saturated rings. The molecule has 1 N–H and O–H groups in total. The zero-order valence-corrected chi connectivity index (χ0v) is 16.8. The Morgan fingerprint density at radius 1 is 1.12 bits per heavy atom. The van der Waals surface area contributed by atoms with Gasteiger partial charge in [0.25, 0.3) is 5.91 Å².